The van der Waals surface area contributed by atoms with E-state index in [0.29, 0.717) is 12.0 Å². The second-order valence-electron chi connectivity index (χ2n) is 7.96. The molecule has 3 saturated carbocycles. The van der Waals surface area contributed by atoms with Gasteiger partial charge in [0, 0.05) is 17.4 Å². The Morgan fingerprint density at radius 2 is 1.90 bits per heavy atom. The number of carbonyl (C=O) groups excluding carboxylic acids is 2. The SMILES string of the molecule is C/C=C/C=C/C(O)=C1C(=O)[C@]2(C)C(=O)[C@@](C)(O)[C@H]1C[C@@H]2c1ccc(O)c(OC)c1. The maximum atomic E-state index is 13.4. The number of fused-ring (bicyclic) bond motifs is 3. The van der Waals surface area contributed by atoms with E-state index < -0.39 is 34.4 Å². The summed E-state index contributed by atoms with van der Waals surface area (Å²) in [6.07, 6.45) is 6.78. The molecule has 154 valence electrons. The van der Waals surface area contributed by atoms with Crippen LogP contribution in [0.1, 0.15) is 38.7 Å². The van der Waals surface area contributed by atoms with E-state index >= 15 is 0 Å². The first kappa shape index (κ1) is 20.9. The molecular formula is C23H26O6. The molecular weight excluding hydrogens is 372 g/mol. The molecule has 3 aliphatic rings. The smallest absolute Gasteiger partial charge is 0.178 e. The Morgan fingerprint density at radius 1 is 1.21 bits per heavy atom. The predicted molar refractivity (Wildman–Crippen MR) is 108 cm³/mol. The van der Waals surface area contributed by atoms with Crippen molar-refractivity contribution in [2.24, 2.45) is 11.3 Å². The van der Waals surface area contributed by atoms with Gasteiger partial charge in [0.15, 0.2) is 23.1 Å². The summed E-state index contributed by atoms with van der Waals surface area (Å²) in [4.78, 5) is 26.6. The lowest BCUT2D eigenvalue weighted by Gasteiger charge is -2.55. The van der Waals surface area contributed by atoms with E-state index in [1.807, 2.05) is 6.92 Å². The van der Waals surface area contributed by atoms with Crippen LogP contribution in [0.2, 0.25) is 0 Å². The van der Waals surface area contributed by atoms with Crippen molar-refractivity contribution >= 4 is 11.6 Å². The van der Waals surface area contributed by atoms with E-state index in [4.69, 9.17) is 4.74 Å². The monoisotopic (exact) mass is 398 g/mol. The van der Waals surface area contributed by atoms with E-state index in [1.165, 1.54) is 33.1 Å². The molecule has 4 atom stereocenters. The number of allylic oxidation sites excluding steroid dienone is 4. The van der Waals surface area contributed by atoms with E-state index in [1.54, 1.807) is 30.4 Å². The molecule has 1 aromatic carbocycles. The van der Waals surface area contributed by atoms with Crippen molar-refractivity contribution < 1.29 is 29.6 Å². The van der Waals surface area contributed by atoms with Crippen LogP contribution >= 0.6 is 0 Å². The molecule has 6 nitrogen and oxygen atoms in total. The van der Waals surface area contributed by atoms with Gasteiger partial charge in [0.1, 0.15) is 11.4 Å². The Bertz CT molecular complexity index is 952. The van der Waals surface area contributed by atoms with E-state index in [2.05, 4.69) is 0 Å². The number of methoxy groups -OCH3 is 1. The summed E-state index contributed by atoms with van der Waals surface area (Å²) < 4.78 is 5.16. The summed E-state index contributed by atoms with van der Waals surface area (Å²) in [5, 5.41) is 31.4. The molecule has 0 aromatic heterocycles. The highest BCUT2D eigenvalue weighted by molar-refractivity contribution is 6.21. The Morgan fingerprint density at radius 3 is 2.52 bits per heavy atom. The number of aliphatic hydroxyl groups is 2. The molecule has 6 heteroatoms. The van der Waals surface area contributed by atoms with Crippen molar-refractivity contribution in [1.82, 2.24) is 0 Å². The van der Waals surface area contributed by atoms with Crippen molar-refractivity contribution in [3.63, 3.8) is 0 Å². The number of ketones is 2. The number of phenols is 1. The van der Waals surface area contributed by atoms with Gasteiger partial charge < -0.3 is 20.1 Å². The van der Waals surface area contributed by atoms with Crippen LogP contribution in [-0.4, -0.2) is 39.6 Å². The zero-order valence-corrected chi connectivity index (χ0v) is 17.0. The summed E-state index contributed by atoms with van der Waals surface area (Å²) >= 11 is 0. The van der Waals surface area contributed by atoms with Gasteiger partial charge in [-0.25, -0.2) is 0 Å². The zero-order chi connectivity index (χ0) is 21.6. The molecule has 0 heterocycles. The van der Waals surface area contributed by atoms with E-state index in [9.17, 15) is 24.9 Å². The molecule has 0 spiro atoms. The number of rotatable bonds is 4. The number of ether oxygens (including phenoxy) is 1. The maximum absolute atomic E-state index is 13.4. The van der Waals surface area contributed by atoms with Crippen LogP contribution in [0.25, 0.3) is 0 Å². The highest BCUT2D eigenvalue weighted by atomic mass is 16.5. The van der Waals surface area contributed by atoms with Gasteiger partial charge in [-0.15, -0.1) is 0 Å². The van der Waals surface area contributed by atoms with Crippen LogP contribution in [0, 0.1) is 11.3 Å². The third-order valence-corrected chi connectivity index (χ3v) is 6.28. The summed E-state index contributed by atoms with van der Waals surface area (Å²) in [6, 6.07) is 4.72. The Labute approximate surface area is 169 Å². The lowest BCUT2D eigenvalue weighted by molar-refractivity contribution is -0.170. The third-order valence-electron chi connectivity index (χ3n) is 6.28. The number of aliphatic hydroxyl groups excluding tert-OH is 1. The molecule has 0 amide bonds. The number of Topliss-reactive ketones (excluding diaryl/α,β-unsaturated/α-hetero) is 2. The Hall–Kier alpha value is -2.86. The minimum absolute atomic E-state index is 0.0423. The highest BCUT2D eigenvalue weighted by Crippen LogP contribution is 2.60. The number of hydrogen-bond acceptors (Lipinski definition) is 6. The van der Waals surface area contributed by atoms with Crippen LogP contribution in [0.15, 0.2) is 53.8 Å². The number of benzene rings is 1. The van der Waals surface area contributed by atoms with Gasteiger partial charge in [0.2, 0.25) is 0 Å². The first-order valence-electron chi connectivity index (χ1n) is 9.52. The first-order valence-corrected chi connectivity index (χ1v) is 9.52. The summed E-state index contributed by atoms with van der Waals surface area (Å²) in [5.41, 5.74) is -2.57. The van der Waals surface area contributed by atoms with Crippen LogP contribution in [-0.2, 0) is 9.59 Å². The molecule has 0 radical (unpaired) electrons. The maximum Gasteiger partial charge on any atom is 0.178 e. The molecule has 0 aliphatic heterocycles. The molecule has 2 bridgehead atoms. The van der Waals surface area contributed by atoms with Crippen molar-refractivity contribution in [3.05, 3.63) is 59.4 Å². The molecule has 0 unspecified atom stereocenters. The van der Waals surface area contributed by atoms with Gasteiger partial charge in [0.05, 0.1) is 12.5 Å². The fourth-order valence-electron chi connectivity index (χ4n) is 4.66. The van der Waals surface area contributed by atoms with Gasteiger partial charge in [-0.3, -0.25) is 9.59 Å². The first-order chi connectivity index (χ1) is 13.6. The molecule has 1 aromatic rings. The van der Waals surface area contributed by atoms with Gasteiger partial charge in [-0.05, 0) is 51.0 Å². The molecule has 4 rings (SSSR count). The van der Waals surface area contributed by atoms with Gasteiger partial charge in [-0.2, -0.15) is 0 Å². The lowest BCUT2D eigenvalue weighted by Crippen LogP contribution is -2.66. The quantitative estimate of drug-likeness (QED) is 0.311. The lowest BCUT2D eigenvalue weighted by atomic mass is 9.46. The second-order valence-corrected chi connectivity index (χ2v) is 7.96. The highest BCUT2D eigenvalue weighted by Gasteiger charge is 2.68. The van der Waals surface area contributed by atoms with E-state index in [0.717, 1.165) is 0 Å². The minimum Gasteiger partial charge on any atom is -0.508 e. The van der Waals surface area contributed by atoms with Crippen LogP contribution in [0.3, 0.4) is 0 Å². The molecule has 3 aliphatic carbocycles. The van der Waals surface area contributed by atoms with Gasteiger partial charge >= 0.3 is 0 Å². The number of phenolic OH excluding ortho intramolecular Hbond substituents is 1. The average Bonchev–Trinajstić information content (AvgIpc) is 2.68. The number of hydrogen-bond donors (Lipinski definition) is 3. The van der Waals surface area contributed by atoms with Crippen LogP contribution in [0.4, 0.5) is 0 Å². The summed E-state index contributed by atoms with van der Waals surface area (Å²) in [6.45, 7) is 4.75. The van der Waals surface area contributed by atoms with Gasteiger partial charge in [-0.1, -0.05) is 24.3 Å². The molecule has 3 N–H and O–H groups in total. The average molecular weight is 398 g/mol. The number of aromatic hydroxyl groups is 1. The van der Waals surface area contributed by atoms with Gasteiger partial charge in [0.25, 0.3) is 0 Å². The largest absolute Gasteiger partial charge is 0.508 e. The topological polar surface area (TPSA) is 104 Å². The zero-order valence-electron chi connectivity index (χ0n) is 17.0. The summed E-state index contributed by atoms with van der Waals surface area (Å²) in [7, 11) is 1.42. The molecule has 0 saturated heterocycles. The number of carbonyl (C=O) groups is 2. The van der Waals surface area contributed by atoms with Crippen molar-refractivity contribution in [1.29, 1.82) is 0 Å². The third kappa shape index (κ3) is 2.99. The van der Waals surface area contributed by atoms with Crippen molar-refractivity contribution in [2.75, 3.05) is 7.11 Å². The minimum atomic E-state index is -1.77. The second kappa shape index (κ2) is 7.19. The fourth-order valence-corrected chi connectivity index (χ4v) is 4.66. The standard InChI is InChI=1S/C23H26O6/c1-5-6-7-8-17(25)19-15-12-14(13-9-10-16(24)18(11-13)29-4)22(2,20(19)26)21(27)23(15,3)28/h5-11,14-15,24-25,28H,12H2,1-4H3/b6-5+,8-7+,19-17?/t14-,15+,22-,23+/m1/s1. The molecule has 29 heavy (non-hydrogen) atoms. The van der Waals surface area contributed by atoms with Crippen LogP contribution < -0.4 is 4.74 Å². The predicted octanol–water partition coefficient (Wildman–Crippen LogP) is 3.36. The van der Waals surface area contributed by atoms with Crippen molar-refractivity contribution in [2.45, 2.75) is 38.7 Å². The Balaban J connectivity index is 2.16. The van der Waals surface area contributed by atoms with E-state index in [-0.39, 0.29) is 22.8 Å². The summed E-state index contributed by atoms with van der Waals surface area (Å²) in [5.74, 6) is -2.44. The van der Waals surface area contributed by atoms with Crippen LogP contribution in [0.5, 0.6) is 11.5 Å². The van der Waals surface area contributed by atoms with Crippen molar-refractivity contribution in [3.8, 4) is 11.5 Å². The fraction of sp³-hybridized carbons (Fsp3) is 0.391. The normalized spacial score (nSPS) is 33.7. The molecule has 3 fully saturated rings. The Kier molecular flexibility index (Phi) is 5.17.